The highest BCUT2D eigenvalue weighted by Crippen LogP contribution is 2.28. The first kappa shape index (κ1) is 40.3. The maximum Gasteiger partial charge on any atom is 0.193 e. The van der Waals surface area contributed by atoms with Gasteiger partial charge in [0.25, 0.3) is 0 Å². The lowest BCUT2D eigenvalue weighted by atomic mass is 9.87. The molecule has 0 saturated heterocycles. The van der Waals surface area contributed by atoms with E-state index in [1.165, 1.54) is 171 Å². The van der Waals surface area contributed by atoms with Crippen molar-refractivity contribution in [2.24, 2.45) is 0 Å². The van der Waals surface area contributed by atoms with Crippen molar-refractivity contribution in [3.63, 3.8) is 0 Å². The SMILES string of the molecule is O=C(c1ccncc1)c1cc2cc(c1)C(=O)c1cc(C(=O)c3ccncc3)cc(c1)C(=O)c1cc(C(=O)c3ccncc3)cc(c1)C(=O)c1cc(C(=O)c3ccncc3)cc(c1)C2=O. The third-order valence-corrected chi connectivity index (χ3v) is 10.6. The van der Waals surface area contributed by atoms with Crippen LogP contribution in [0.1, 0.15) is 127 Å². The van der Waals surface area contributed by atoms with E-state index in [1.807, 2.05) is 0 Å². The average molecular weight is 837 g/mol. The van der Waals surface area contributed by atoms with E-state index in [4.69, 9.17) is 0 Å². The summed E-state index contributed by atoms with van der Waals surface area (Å²) >= 11 is 0. The molecule has 12 nitrogen and oxygen atoms in total. The molecule has 1 aliphatic rings. The van der Waals surface area contributed by atoms with Crippen LogP contribution in [0.15, 0.2) is 171 Å². The monoisotopic (exact) mass is 836 g/mol. The van der Waals surface area contributed by atoms with Crippen molar-refractivity contribution in [2.75, 3.05) is 0 Å². The Hall–Kier alpha value is -9.16. The van der Waals surface area contributed by atoms with Gasteiger partial charge >= 0.3 is 0 Å². The number of pyridine rings is 4. The Kier molecular flexibility index (Phi) is 10.5. The fourth-order valence-corrected chi connectivity index (χ4v) is 7.43. The van der Waals surface area contributed by atoms with Gasteiger partial charge in [0.1, 0.15) is 0 Å². The molecule has 0 saturated carbocycles. The van der Waals surface area contributed by atoms with Gasteiger partial charge in [-0.05, 0) is 121 Å². The molecular formula is C52H28N4O8. The summed E-state index contributed by atoms with van der Waals surface area (Å²) in [7, 11) is 0. The first-order chi connectivity index (χ1) is 31.0. The van der Waals surface area contributed by atoms with E-state index in [0.717, 1.165) is 0 Å². The predicted molar refractivity (Wildman–Crippen MR) is 230 cm³/mol. The molecule has 8 aromatic rings. The van der Waals surface area contributed by atoms with E-state index in [9.17, 15) is 38.4 Å². The molecule has 0 N–H and O–H groups in total. The molecule has 0 unspecified atom stereocenters. The van der Waals surface area contributed by atoms with Crippen LogP contribution in [0.2, 0.25) is 0 Å². The van der Waals surface area contributed by atoms with E-state index in [0.29, 0.717) is 0 Å². The third kappa shape index (κ3) is 7.81. The molecule has 0 atom stereocenters. The number of hydrogen-bond donors (Lipinski definition) is 0. The van der Waals surface area contributed by atoms with E-state index in [-0.39, 0.29) is 89.0 Å². The second-order valence-electron chi connectivity index (χ2n) is 14.8. The largest absolute Gasteiger partial charge is 0.289 e. The maximum atomic E-state index is 14.8. The first-order valence-electron chi connectivity index (χ1n) is 19.6. The summed E-state index contributed by atoms with van der Waals surface area (Å²) in [6, 6.07) is 27.3. The molecule has 304 valence electrons. The number of aromatic nitrogens is 4. The van der Waals surface area contributed by atoms with Crippen molar-refractivity contribution in [3.8, 4) is 0 Å². The predicted octanol–water partition coefficient (Wildman–Crippen LogP) is 7.43. The number of fused-ring (bicyclic) bond motifs is 8. The van der Waals surface area contributed by atoms with Gasteiger partial charge in [0.15, 0.2) is 46.3 Å². The van der Waals surface area contributed by atoms with E-state index >= 15 is 0 Å². The highest BCUT2D eigenvalue weighted by Gasteiger charge is 2.27. The Morgan fingerprint density at radius 3 is 0.547 bits per heavy atom. The number of carbonyl (C=O) groups is 8. The molecule has 9 rings (SSSR count). The van der Waals surface area contributed by atoms with Crippen molar-refractivity contribution < 1.29 is 38.4 Å². The average Bonchev–Trinajstić information content (AvgIpc) is 3.37. The van der Waals surface area contributed by atoms with E-state index in [1.54, 1.807) is 0 Å². The molecule has 0 spiro atoms. The smallest absolute Gasteiger partial charge is 0.193 e. The molecule has 0 aliphatic heterocycles. The van der Waals surface area contributed by atoms with Gasteiger partial charge in [-0.15, -0.1) is 0 Å². The zero-order chi connectivity index (χ0) is 44.5. The number of rotatable bonds is 8. The van der Waals surface area contributed by atoms with E-state index < -0.39 is 46.3 Å². The topological polar surface area (TPSA) is 188 Å². The lowest BCUT2D eigenvalue weighted by molar-refractivity contribution is 0.102. The van der Waals surface area contributed by atoms with Gasteiger partial charge in [0, 0.05) is 139 Å². The quantitative estimate of drug-likeness (QED) is 0.138. The fourth-order valence-electron chi connectivity index (χ4n) is 7.43. The molecule has 4 aromatic heterocycles. The standard InChI is InChI=1S/C52H28N4O8/c57-45(29-1-9-53-10-2-29)33-17-37-25-38(18-33)50(62)40-20-35(47(59)31-5-13-55-14-6-31)22-42(27-40)52(64)44-24-36(48(60)32-7-15-56-16-8-32)23-43(28-44)51(63)41-21-34(19-39(26-41)49(37)61)46(58)30-3-11-54-12-4-30/h1-28H. The molecule has 8 bridgehead atoms. The summed E-state index contributed by atoms with van der Waals surface area (Å²) in [6.45, 7) is 0. The Bertz CT molecular complexity index is 2760. The summed E-state index contributed by atoms with van der Waals surface area (Å²) < 4.78 is 0. The van der Waals surface area contributed by atoms with Crippen molar-refractivity contribution in [3.05, 3.63) is 260 Å². The molecule has 0 amide bonds. The Labute approximate surface area is 363 Å². The van der Waals surface area contributed by atoms with Crippen LogP contribution in [0.4, 0.5) is 0 Å². The van der Waals surface area contributed by atoms with Gasteiger partial charge in [0.05, 0.1) is 0 Å². The van der Waals surface area contributed by atoms with Gasteiger partial charge in [-0.25, -0.2) is 0 Å². The van der Waals surface area contributed by atoms with Crippen LogP contribution in [-0.4, -0.2) is 66.2 Å². The summed E-state index contributed by atoms with van der Waals surface area (Å²) in [6.07, 6.45) is 11.3. The second kappa shape index (κ2) is 16.7. The molecule has 0 radical (unpaired) electrons. The number of nitrogens with zero attached hydrogens (tertiary/aromatic N) is 4. The number of ketones is 8. The zero-order valence-electron chi connectivity index (χ0n) is 33.2. The van der Waals surface area contributed by atoms with E-state index in [2.05, 4.69) is 19.9 Å². The lowest BCUT2D eigenvalue weighted by Crippen LogP contribution is -2.16. The molecule has 12 heteroatoms. The minimum Gasteiger partial charge on any atom is -0.289 e. The maximum absolute atomic E-state index is 14.8. The summed E-state index contributed by atoms with van der Waals surface area (Å²) in [5, 5.41) is 0. The van der Waals surface area contributed by atoms with Crippen LogP contribution in [0.25, 0.3) is 0 Å². The van der Waals surface area contributed by atoms with Crippen LogP contribution < -0.4 is 0 Å². The summed E-state index contributed by atoms with van der Waals surface area (Å²) in [5.74, 6) is -5.19. The van der Waals surface area contributed by atoms with Crippen molar-refractivity contribution in [1.82, 2.24) is 19.9 Å². The summed E-state index contributed by atoms with van der Waals surface area (Å²) in [4.78, 5) is 131. The Balaban J connectivity index is 1.31. The lowest BCUT2D eigenvalue weighted by Gasteiger charge is -2.14. The van der Waals surface area contributed by atoms with Crippen LogP contribution >= 0.6 is 0 Å². The van der Waals surface area contributed by atoms with Gasteiger partial charge in [-0.1, -0.05) is 0 Å². The first-order valence-corrected chi connectivity index (χ1v) is 19.6. The van der Waals surface area contributed by atoms with Gasteiger partial charge in [-0.2, -0.15) is 0 Å². The zero-order valence-corrected chi connectivity index (χ0v) is 33.2. The Morgan fingerprint density at radius 2 is 0.391 bits per heavy atom. The molecular weight excluding hydrogens is 809 g/mol. The van der Waals surface area contributed by atoms with Crippen molar-refractivity contribution in [1.29, 1.82) is 0 Å². The van der Waals surface area contributed by atoms with Gasteiger partial charge in [-0.3, -0.25) is 58.3 Å². The highest BCUT2D eigenvalue weighted by molar-refractivity contribution is 6.23. The van der Waals surface area contributed by atoms with Crippen LogP contribution in [0.3, 0.4) is 0 Å². The van der Waals surface area contributed by atoms with Gasteiger partial charge < -0.3 is 0 Å². The van der Waals surface area contributed by atoms with Gasteiger partial charge in [0.2, 0.25) is 0 Å². The molecule has 1 aliphatic carbocycles. The van der Waals surface area contributed by atoms with Crippen molar-refractivity contribution in [2.45, 2.75) is 0 Å². The minimum absolute atomic E-state index is 0.0523. The van der Waals surface area contributed by atoms with Crippen LogP contribution in [-0.2, 0) is 0 Å². The molecule has 64 heavy (non-hydrogen) atoms. The normalized spacial score (nSPS) is 12.1. The third-order valence-electron chi connectivity index (χ3n) is 10.6. The van der Waals surface area contributed by atoms with Crippen LogP contribution in [0.5, 0.6) is 0 Å². The summed E-state index contributed by atoms with van der Waals surface area (Å²) in [5.41, 5.74) is -0.530. The van der Waals surface area contributed by atoms with Crippen molar-refractivity contribution >= 4 is 46.3 Å². The number of hydrogen-bond acceptors (Lipinski definition) is 12. The fraction of sp³-hybridized carbons (Fsp3) is 0. The van der Waals surface area contributed by atoms with Crippen LogP contribution in [0, 0.1) is 0 Å². The number of carbonyl (C=O) groups excluding carboxylic acids is 8. The minimum atomic E-state index is -0.747. The molecule has 4 aromatic carbocycles. The molecule has 4 heterocycles. The Morgan fingerprint density at radius 1 is 0.234 bits per heavy atom. The highest BCUT2D eigenvalue weighted by atomic mass is 16.2. The molecule has 0 fully saturated rings. The number of benzene rings is 4. The second-order valence-corrected chi connectivity index (χ2v) is 14.8.